The van der Waals surface area contributed by atoms with E-state index in [0.29, 0.717) is 29.3 Å². The fraction of sp³-hybridized carbons (Fsp3) is 0.444. The Bertz CT molecular complexity index is 764. The second kappa shape index (κ2) is 6.76. The molecule has 0 fully saturated rings. The molecule has 1 aromatic heterocycles. The molecule has 0 bridgehead atoms. The highest BCUT2D eigenvalue weighted by molar-refractivity contribution is 6.21. The quantitative estimate of drug-likeness (QED) is 0.810. The first-order chi connectivity index (χ1) is 11.9. The van der Waals surface area contributed by atoms with E-state index in [-0.39, 0.29) is 23.8 Å². The second-order valence-electron chi connectivity index (χ2n) is 6.66. The van der Waals surface area contributed by atoms with Crippen molar-refractivity contribution in [3.05, 3.63) is 47.1 Å². The zero-order valence-electron chi connectivity index (χ0n) is 14.8. The molecule has 2 aromatic rings. The summed E-state index contributed by atoms with van der Waals surface area (Å²) in [6.07, 6.45) is 0.604. The van der Waals surface area contributed by atoms with E-state index in [2.05, 4.69) is 15.5 Å². The van der Waals surface area contributed by atoms with E-state index in [1.54, 1.807) is 24.3 Å². The fourth-order valence-corrected chi connectivity index (χ4v) is 3.00. The van der Waals surface area contributed by atoms with Gasteiger partial charge in [-0.2, -0.15) is 4.98 Å². The lowest BCUT2D eigenvalue weighted by molar-refractivity contribution is 0.0497. The van der Waals surface area contributed by atoms with Gasteiger partial charge >= 0.3 is 0 Å². The molecule has 2 amide bonds. The molecule has 1 aliphatic rings. The summed E-state index contributed by atoms with van der Waals surface area (Å²) in [6, 6.07) is 6.45. The number of carbonyl (C=O) groups excluding carboxylic acids is 2. The molecule has 3 rings (SSSR count). The Hall–Kier alpha value is -2.54. The summed E-state index contributed by atoms with van der Waals surface area (Å²) in [5, 5.41) is 7.12. The predicted molar refractivity (Wildman–Crippen MR) is 91.0 cm³/mol. The molecule has 0 aliphatic carbocycles. The van der Waals surface area contributed by atoms with Gasteiger partial charge < -0.3 is 9.84 Å². The number of imide groups is 1. The Balaban J connectivity index is 1.93. The number of carbonyl (C=O) groups is 2. The highest BCUT2D eigenvalue weighted by Gasteiger charge is 2.43. The van der Waals surface area contributed by atoms with Crippen LogP contribution in [0.5, 0.6) is 0 Å². The Labute approximate surface area is 146 Å². The summed E-state index contributed by atoms with van der Waals surface area (Å²) in [5.74, 6) is 0.157. The van der Waals surface area contributed by atoms with Gasteiger partial charge in [-0.25, -0.2) is 0 Å². The maximum atomic E-state index is 12.8. The molecule has 1 aromatic carbocycles. The van der Waals surface area contributed by atoms with Crippen molar-refractivity contribution in [1.82, 2.24) is 20.4 Å². The van der Waals surface area contributed by atoms with Crippen LogP contribution in [0.2, 0.25) is 0 Å². The van der Waals surface area contributed by atoms with Crippen LogP contribution in [0.4, 0.5) is 0 Å². The highest BCUT2D eigenvalue weighted by Crippen LogP contribution is 2.35. The Morgan fingerprint density at radius 3 is 2.24 bits per heavy atom. The molecule has 2 heterocycles. The van der Waals surface area contributed by atoms with Crippen LogP contribution in [0, 0.1) is 5.92 Å². The topological polar surface area (TPSA) is 88.3 Å². The van der Waals surface area contributed by atoms with Crippen LogP contribution in [-0.4, -0.2) is 39.9 Å². The van der Waals surface area contributed by atoms with E-state index in [4.69, 9.17) is 4.52 Å². The molecule has 2 atom stereocenters. The van der Waals surface area contributed by atoms with Gasteiger partial charge in [-0.3, -0.25) is 14.5 Å². The van der Waals surface area contributed by atoms with Gasteiger partial charge in [0.1, 0.15) is 6.04 Å². The van der Waals surface area contributed by atoms with Crippen LogP contribution in [0.15, 0.2) is 28.8 Å². The first-order valence-corrected chi connectivity index (χ1v) is 8.40. The smallest absolute Gasteiger partial charge is 0.262 e. The van der Waals surface area contributed by atoms with Gasteiger partial charge in [0, 0.05) is 12.5 Å². The second-order valence-corrected chi connectivity index (χ2v) is 6.66. The lowest BCUT2D eigenvalue weighted by Gasteiger charge is -2.26. The summed E-state index contributed by atoms with van der Waals surface area (Å²) < 4.78 is 5.41. The molecule has 0 radical (unpaired) electrons. The van der Waals surface area contributed by atoms with Gasteiger partial charge in [-0.15, -0.1) is 0 Å². The number of benzene rings is 1. The number of fused-ring (bicyclic) bond motifs is 1. The molecular formula is C18H22N4O3. The van der Waals surface area contributed by atoms with E-state index < -0.39 is 6.04 Å². The minimum absolute atomic E-state index is 0.0581. The van der Waals surface area contributed by atoms with Gasteiger partial charge in [0.05, 0.1) is 11.1 Å². The highest BCUT2D eigenvalue weighted by atomic mass is 16.5. The van der Waals surface area contributed by atoms with Crippen molar-refractivity contribution in [3.63, 3.8) is 0 Å². The number of likely N-dealkylation sites (N-methyl/N-ethyl adjacent to an activating group) is 1. The van der Waals surface area contributed by atoms with Crippen LogP contribution in [-0.2, 0) is 6.42 Å². The number of hydrogen-bond acceptors (Lipinski definition) is 6. The molecule has 25 heavy (non-hydrogen) atoms. The monoisotopic (exact) mass is 342 g/mol. The van der Waals surface area contributed by atoms with Gasteiger partial charge in [0.2, 0.25) is 5.89 Å². The van der Waals surface area contributed by atoms with Crippen LogP contribution in [0.3, 0.4) is 0 Å². The van der Waals surface area contributed by atoms with Crippen molar-refractivity contribution >= 4 is 11.8 Å². The van der Waals surface area contributed by atoms with Crippen LogP contribution in [0.25, 0.3) is 0 Å². The average molecular weight is 342 g/mol. The summed E-state index contributed by atoms with van der Waals surface area (Å²) in [7, 11) is 1.86. The maximum Gasteiger partial charge on any atom is 0.262 e. The molecule has 0 spiro atoms. The summed E-state index contributed by atoms with van der Waals surface area (Å²) >= 11 is 0. The number of nitrogens with zero attached hydrogens (tertiary/aromatic N) is 3. The summed E-state index contributed by atoms with van der Waals surface area (Å²) in [5.41, 5.74) is 0.836. The number of hydrogen-bond donors (Lipinski definition) is 1. The van der Waals surface area contributed by atoms with Crippen molar-refractivity contribution in [2.45, 2.75) is 39.3 Å². The van der Waals surface area contributed by atoms with Gasteiger partial charge in [0.25, 0.3) is 11.8 Å². The summed E-state index contributed by atoms with van der Waals surface area (Å²) in [4.78, 5) is 31.2. The number of rotatable bonds is 6. The standard InChI is InChI=1S/C18H22N4O3/c1-10(2)15(16-20-14(21-25-16)9-11(3)19-4)22-17(23)12-7-5-6-8-13(12)18(22)24/h5-8,10-11,15,19H,9H2,1-4H3. The molecule has 2 unspecified atom stereocenters. The zero-order valence-corrected chi connectivity index (χ0v) is 14.8. The van der Waals surface area contributed by atoms with Crippen molar-refractivity contribution in [2.24, 2.45) is 5.92 Å². The predicted octanol–water partition coefficient (Wildman–Crippen LogP) is 2.21. The van der Waals surface area contributed by atoms with E-state index in [0.717, 1.165) is 0 Å². The molecule has 1 N–H and O–H groups in total. The van der Waals surface area contributed by atoms with Crippen molar-refractivity contribution in [3.8, 4) is 0 Å². The van der Waals surface area contributed by atoms with E-state index in [1.807, 2.05) is 27.8 Å². The first kappa shape index (κ1) is 17.3. The van der Waals surface area contributed by atoms with Crippen LogP contribution in [0.1, 0.15) is 59.2 Å². The minimum Gasteiger partial charge on any atom is -0.337 e. The largest absolute Gasteiger partial charge is 0.337 e. The van der Waals surface area contributed by atoms with Crippen molar-refractivity contribution in [1.29, 1.82) is 0 Å². The Morgan fingerprint density at radius 2 is 1.72 bits per heavy atom. The molecule has 0 saturated carbocycles. The fourth-order valence-electron chi connectivity index (χ4n) is 3.00. The van der Waals surface area contributed by atoms with E-state index >= 15 is 0 Å². The third-order valence-electron chi connectivity index (χ3n) is 4.45. The molecule has 0 saturated heterocycles. The SMILES string of the molecule is CNC(C)Cc1noc(C(C(C)C)N2C(=O)c3ccccc3C2=O)n1. The van der Waals surface area contributed by atoms with E-state index in [9.17, 15) is 9.59 Å². The lowest BCUT2D eigenvalue weighted by atomic mass is 10.0. The van der Waals surface area contributed by atoms with Crippen LogP contribution < -0.4 is 5.32 Å². The van der Waals surface area contributed by atoms with Gasteiger partial charge in [-0.1, -0.05) is 31.1 Å². The Morgan fingerprint density at radius 1 is 1.12 bits per heavy atom. The van der Waals surface area contributed by atoms with Crippen molar-refractivity contribution < 1.29 is 14.1 Å². The minimum atomic E-state index is -0.585. The van der Waals surface area contributed by atoms with Crippen molar-refractivity contribution in [2.75, 3.05) is 7.05 Å². The lowest BCUT2D eigenvalue weighted by Crippen LogP contribution is -2.37. The van der Waals surface area contributed by atoms with Crippen LogP contribution >= 0.6 is 0 Å². The normalized spacial score (nSPS) is 16.4. The molecule has 1 aliphatic heterocycles. The number of aromatic nitrogens is 2. The molecule has 7 nitrogen and oxygen atoms in total. The summed E-state index contributed by atoms with van der Waals surface area (Å²) in [6.45, 7) is 5.86. The first-order valence-electron chi connectivity index (χ1n) is 8.40. The molecule has 132 valence electrons. The van der Waals surface area contributed by atoms with Gasteiger partial charge in [-0.05, 0) is 32.0 Å². The Kier molecular flexibility index (Phi) is 4.67. The molecular weight excluding hydrogens is 320 g/mol. The van der Waals surface area contributed by atoms with Gasteiger partial charge in [0.15, 0.2) is 5.82 Å². The molecule has 7 heteroatoms. The van der Waals surface area contributed by atoms with E-state index in [1.165, 1.54) is 4.90 Å². The third-order valence-corrected chi connectivity index (χ3v) is 4.45. The number of amides is 2. The zero-order chi connectivity index (χ0) is 18.1. The number of nitrogens with one attached hydrogen (secondary N) is 1. The third kappa shape index (κ3) is 3.07. The average Bonchev–Trinajstić information content (AvgIpc) is 3.14. The maximum absolute atomic E-state index is 12.8.